The maximum absolute atomic E-state index is 6.35. The van der Waals surface area contributed by atoms with E-state index in [1.165, 1.54) is 0 Å². The molecule has 1 atom stereocenters. The summed E-state index contributed by atoms with van der Waals surface area (Å²) in [6.07, 6.45) is 0. The lowest BCUT2D eigenvalue weighted by molar-refractivity contribution is 0.340. The summed E-state index contributed by atoms with van der Waals surface area (Å²) in [6, 6.07) is 7.25. The van der Waals surface area contributed by atoms with Gasteiger partial charge in [0.15, 0.2) is 0 Å². The highest BCUT2D eigenvalue weighted by Gasteiger charge is 2.20. The summed E-state index contributed by atoms with van der Waals surface area (Å²) in [7, 11) is 1.85. The van der Waals surface area contributed by atoms with Crippen LogP contribution < -0.4 is 10.1 Å². The molecular weight excluding hydrogens is 297 g/mol. The van der Waals surface area contributed by atoms with E-state index in [2.05, 4.69) is 5.32 Å². The van der Waals surface area contributed by atoms with Gasteiger partial charge in [-0.2, -0.15) is 0 Å². The van der Waals surface area contributed by atoms with E-state index in [9.17, 15) is 0 Å². The first-order valence-corrected chi connectivity index (χ1v) is 7.17. The van der Waals surface area contributed by atoms with Crippen LogP contribution in [0.2, 0.25) is 10.0 Å². The molecule has 20 heavy (non-hydrogen) atoms. The molecule has 0 spiro atoms. The van der Waals surface area contributed by atoms with Gasteiger partial charge in [-0.05, 0) is 44.7 Å². The van der Waals surface area contributed by atoms with Crippen LogP contribution in [0.15, 0.2) is 28.7 Å². The molecule has 0 aliphatic rings. The SMILES string of the molecule is CCOc1cc(Cl)c(C(NC)c2ccc(C)o2)cc1Cl. The molecule has 1 N–H and O–H groups in total. The van der Waals surface area contributed by atoms with E-state index in [0.29, 0.717) is 22.4 Å². The average molecular weight is 314 g/mol. The first-order valence-electron chi connectivity index (χ1n) is 6.42. The molecular formula is C15H17Cl2NO2. The lowest BCUT2D eigenvalue weighted by Crippen LogP contribution is -2.17. The number of aryl methyl sites for hydroxylation is 1. The summed E-state index contributed by atoms with van der Waals surface area (Å²) in [5.74, 6) is 2.24. The summed E-state index contributed by atoms with van der Waals surface area (Å²) >= 11 is 12.6. The van der Waals surface area contributed by atoms with E-state index in [0.717, 1.165) is 17.1 Å². The van der Waals surface area contributed by atoms with Gasteiger partial charge in [-0.1, -0.05) is 23.2 Å². The number of furan rings is 1. The molecule has 1 unspecified atom stereocenters. The molecule has 0 saturated carbocycles. The van der Waals surface area contributed by atoms with Crippen molar-refractivity contribution in [1.29, 1.82) is 0 Å². The molecule has 2 aromatic rings. The maximum Gasteiger partial charge on any atom is 0.139 e. The topological polar surface area (TPSA) is 34.4 Å². The van der Waals surface area contributed by atoms with Crippen LogP contribution in [0.3, 0.4) is 0 Å². The van der Waals surface area contributed by atoms with Crippen LogP contribution in [0.25, 0.3) is 0 Å². The minimum Gasteiger partial charge on any atom is -0.492 e. The summed E-state index contributed by atoms with van der Waals surface area (Å²) < 4.78 is 11.1. The quantitative estimate of drug-likeness (QED) is 0.875. The summed E-state index contributed by atoms with van der Waals surface area (Å²) in [4.78, 5) is 0. The van der Waals surface area contributed by atoms with Crippen molar-refractivity contribution in [3.8, 4) is 5.75 Å². The second-order valence-corrected chi connectivity index (χ2v) is 5.22. The lowest BCUT2D eigenvalue weighted by Gasteiger charge is -2.17. The molecule has 0 aliphatic carbocycles. The van der Waals surface area contributed by atoms with Gasteiger partial charge in [0, 0.05) is 11.1 Å². The van der Waals surface area contributed by atoms with E-state index < -0.39 is 0 Å². The van der Waals surface area contributed by atoms with Crippen molar-refractivity contribution in [2.75, 3.05) is 13.7 Å². The van der Waals surface area contributed by atoms with Gasteiger partial charge in [-0.25, -0.2) is 0 Å². The minimum atomic E-state index is -0.149. The molecule has 0 bridgehead atoms. The molecule has 0 fully saturated rings. The third-order valence-electron chi connectivity index (χ3n) is 3.00. The van der Waals surface area contributed by atoms with E-state index in [1.807, 2.05) is 39.1 Å². The molecule has 5 heteroatoms. The second-order valence-electron chi connectivity index (χ2n) is 4.41. The Labute approximate surface area is 128 Å². The van der Waals surface area contributed by atoms with Crippen LogP contribution in [-0.4, -0.2) is 13.7 Å². The van der Waals surface area contributed by atoms with Crippen molar-refractivity contribution in [1.82, 2.24) is 5.32 Å². The average Bonchev–Trinajstić information content (AvgIpc) is 2.83. The zero-order valence-corrected chi connectivity index (χ0v) is 13.2. The summed E-state index contributed by atoms with van der Waals surface area (Å²) in [6.45, 7) is 4.35. The number of ether oxygens (including phenoxy) is 1. The van der Waals surface area contributed by atoms with Gasteiger partial charge in [0.25, 0.3) is 0 Å². The van der Waals surface area contributed by atoms with Gasteiger partial charge < -0.3 is 14.5 Å². The van der Waals surface area contributed by atoms with E-state index >= 15 is 0 Å². The number of nitrogens with one attached hydrogen (secondary N) is 1. The van der Waals surface area contributed by atoms with Crippen molar-refractivity contribution in [3.05, 3.63) is 51.4 Å². The first-order chi connectivity index (χ1) is 9.56. The third kappa shape index (κ3) is 3.11. The zero-order valence-electron chi connectivity index (χ0n) is 11.7. The monoisotopic (exact) mass is 313 g/mol. The Morgan fingerprint density at radius 3 is 2.55 bits per heavy atom. The van der Waals surface area contributed by atoms with Crippen LogP contribution in [0.4, 0.5) is 0 Å². The third-order valence-corrected chi connectivity index (χ3v) is 3.62. The fourth-order valence-electron chi connectivity index (χ4n) is 2.09. The summed E-state index contributed by atoms with van der Waals surface area (Å²) in [5.41, 5.74) is 0.858. The van der Waals surface area contributed by atoms with Crippen molar-refractivity contribution >= 4 is 23.2 Å². The van der Waals surface area contributed by atoms with Crippen LogP contribution in [0, 0.1) is 6.92 Å². The number of halogens is 2. The van der Waals surface area contributed by atoms with E-state index in [-0.39, 0.29) is 6.04 Å². The summed E-state index contributed by atoms with van der Waals surface area (Å²) in [5, 5.41) is 4.32. The molecule has 108 valence electrons. The molecule has 3 nitrogen and oxygen atoms in total. The highest BCUT2D eigenvalue weighted by Crippen LogP contribution is 2.36. The maximum atomic E-state index is 6.35. The minimum absolute atomic E-state index is 0.149. The van der Waals surface area contributed by atoms with E-state index in [1.54, 1.807) is 6.07 Å². The van der Waals surface area contributed by atoms with Gasteiger partial charge in [0.2, 0.25) is 0 Å². The Bertz CT molecular complexity index is 596. The van der Waals surface area contributed by atoms with Crippen molar-refractivity contribution in [2.24, 2.45) is 0 Å². The van der Waals surface area contributed by atoms with Gasteiger partial charge in [-0.15, -0.1) is 0 Å². The Balaban J connectivity index is 2.42. The van der Waals surface area contributed by atoms with Crippen LogP contribution in [-0.2, 0) is 0 Å². The highest BCUT2D eigenvalue weighted by atomic mass is 35.5. The Morgan fingerprint density at radius 1 is 1.25 bits per heavy atom. The molecule has 1 aromatic carbocycles. The van der Waals surface area contributed by atoms with Crippen molar-refractivity contribution in [3.63, 3.8) is 0 Å². The van der Waals surface area contributed by atoms with Crippen LogP contribution in [0.1, 0.15) is 30.0 Å². The fourth-order valence-corrected chi connectivity index (χ4v) is 2.58. The standard InChI is InChI=1S/C15H17Cl2NO2/c1-4-19-14-8-11(16)10(7-12(14)17)15(18-3)13-6-5-9(2)20-13/h5-8,15,18H,4H2,1-3H3. The zero-order chi connectivity index (χ0) is 14.7. The Morgan fingerprint density at radius 2 is 2.00 bits per heavy atom. The molecule has 1 heterocycles. The molecule has 0 amide bonds. The predicted octanol–water partition coefficient (Wildman–Crippen LogP) is 4.60. The van der Waals surface area contributed by atoms with Gasteiger partial charge in [-0.3, -0.25) is 0 Å². The fraction of sp³-hybridized carbons (Fsp3) is 0.333. The van der Waals surface area contributed by atoms with Gasteiger partial charge in [0.1, 0.15) is 17.3 Å². The highest BCUT2D eigenvalue weighted by molar-refractivity contribution is 6.34. The van der Waals surface area contributed by atoms with Crippen LogP contribution >= 0.6 is 23.2 Å². The second kappa shape index (κ2) is 6.53. The predicted molar refractivity (Wildman–Crippen MR) is 82.0 cm³/mol. The number of benzene rings is 1. The molecule has 0 radical (unpaired) electrons. The number of hydrogen-bond donors (Lipinski definition) is 1. The normalized spacial score (nSPS) is 12.4. The molecule has 2 rings (SSSR count). The number of rotatable bonds is 5. The Hall–Kier alpha value is -1.16. The van der Waals surface area contributed by atoms with Crippen LogP contribution in [0.5, 0.6) is 5.75 Å². The molecule has 1 aromatic heterocycles. The smallest absolute Gasteiger partial charge is 0.139 e. The Kier molecular flexibility index (Phi) is 4.97. The molecule has 0 aliphatic heterocycles. The van der Waals surface area contributed by atoms with Crippen molar-refractivity contribution < 1.29 is 9.15 Å². The van der Waals surface area contributed by atoms with E-state index in [4.69, 9.17) is 32.4 Å². The van der Waals surface area contributed by atoms with Gasteiger partial charge >= 0.3 is 0 Å². The number of hydrogen-bond acceptors (Lipinski definition) is 3. The lowest BCUT2D eigenvalue weighted by atomic mass is 10.0. The molecule has 0 saturated heterocycles. The van der Waals surface area contributed by atoms with Crippen molar-refractivity contribution in [2.45, 2.75) is 19.9 Å². The largest absolute Gasteiger partial charge is 0.492 e. The first kappa shape index (κ1) is 15.2. The van der Waals surface area contributed by atoms with Gasteiger partial charge in [0.05, 0.1) is 17.7 Å².